The van der Waals surface area contributed by atoms with Crippen LogP contribution in [0.25, 0.3) is 0 Å². The number of hydrogen-bond donors (Lipinski definition) is 1. The molecule has 19 heavy (non-hydrogen) atoms. The molecule has 0 saturated carbocycles. The summed E-state index contributed by atoms with van der Waals surface area (Å²) in [7, 11) is 0. The van der Waals surface area contributed by atoms with Crippen molar-refractivity contribution in [3.8, 4) is 0 Å². The molecule has 2 N–H and O–H groups in total. The average Bonchev–Trinajstić information content (AvgIpc) is 2.91. The second-order valence-corrected chi connectivity index (χ2v) is 5.13. The molecule has 104 valence electrons. The minimum atomic E-state index is -0.467. The summed E-state index contributed by atoms with van der Waals surface area (Å²) in [6.07, 6.45) is 2.26. The van der Waals surface area contributed by atoms with Gasteiger partial charge in [-0.05, 0) is 25.3 Å². The molecule has 0 aromatic heterocycles. The van der Waals surface area contributed by atoms with Crippen molar-refractivity contribution < 1.29 is 9.53 Å². The zero-order valence-electron chi connectivity index (χ0n) is 11.4. The smallest absolute Gasteiger partial charge is 0.239 e. The lowest BCUT2D eigenvalue weighted by Gasteiger charge is -2.27. The van der Waals surface area contributed by atoms with Crippen LogP contribution in [-0.2, 0) is 16.1 Å². The molecule has 0 bridgehead atoms. The molecule has 1 saturated heterocycles. The quantitative estimate of drug-likeness (QED) is 0.875. The number of hydrogen-bond acceptors (Lipinski definition) is 3. The summed E-state index contributed by atoms with van der Waals surface area (Å²) in [6.45, 7) is 3.77. The van der Waals surface area contributed by atoms with E-state index < -0.39 is 6.04 Å². The van der Waals surface area contributed by atoms with Crippen LogP contribution in [0.1, 0.15) is 25.3 Å². The summed E-state index contributed by atoms with van der Waals surface area (Å²) < 4.78 is 5.62. The Morgan fingerprint density at radius 3 is 2.79 bits per heavy atom. The summed E-state index contributed by atoms with van der Waals surface area (Å²) in [6, 6.07) is 9.52. The van der Waals surface area contributed by atoms with Crippen LogP contribution in [0.2, 0.25) is 0 Å². The predicted molar refractivity (Wildman–Crippen MR) is 74.5 cm³/mol. The number of nitrogens with two attached hydrogens (primary N) is 1. The van der Waals surface area contributed by atoms with Crippen LogP contribution in [0.5, 0.6) is 0 Å². The van der Waals surface area contributed by atoms with Crippen LogP contribution in [0, 0.1) is 0 Å². The van der Waals surface area contributed by atoms with E-state index in [4.69, 9.17) is 10.5 Å². The first-order chi connectivity index (χ1) is 9.16. The Morgan fingerprint density at radius 1 is 1.47 bits per heavy atom. The summed E-state index contributed by atoms with van der Waals surface area (Å²) in [5, 5.41) is 0. The molecule has 1 aromatic rings. The van der Waals surface area contributed by atoms with E-state index in [2.05, 4.69) is 0 Å². The van der Waals surface area contributed by atoms with Gasteiger partial charge in [0.05, 0.1) is 12.1 Å². The number of ether oxygens (including phenoxy) is 1. The van der Waals surface area contributed by atoms with E-state index in [9.17, 15) is 4.79 Å². The molecule has 2 atom stereocenters. The van der Waals surface area contributed by atoms with Crippen molar-refractivity contribution in [1.29, 1.82) is 0 Å². The highest BCUT2D eigenvalue weighted by molar-refractivity contribution is 5.81. The fourth-order valence-corrected chi connectivity index (χ4v) is 2.36. The van der Waals surface area contributed by atoms with Gasteiger partial charge in [-0.25, -0.2) is 0 Å². The number of rotatable bonds is 5. The third kappa shape index (κ3) is 4.04. The number of nitrogens with zero attached hydrogens (tertiary/aromatic N) is 1. The molecule has 1 unspecified atom stereocenters. The zero-order valence-corrected chi connectivity index (χ0v) is 11.4. The maximum absolute atomic E-state index is 12.2. The van der Waals surface area contributed by atoms with Crippen molar-refractivity contribution in [3.63, 3.8) is 0 Å². The van der Waals surface area contributed by atoms with Gasteiger partial charge in [0.1, 0.15) is 0 Å². The van der Waals surface area contributed by atoms with Crippen molar-refractivity contribution in [2.24, 2.45) is 5.73 Å². The first kappa shape index (κ1) is 14.0. The predicted octanol–water partition coefficient (Wildman–Crippen LogP) is 1.54. The third-order valence-electron chi connectivity index (χ3n) is 3.37. The van der Waals surface area contributed by atoms with Crippen LogP contribution in [0.4, 0.5) is 0 Å². The largest absolute Gasteiger partial charge is 0.376 e. The van der Waals surface area contributed by atoms with Crippen LogP contribution < -0.4 is 5.73 Å². The second kappa shape index (κ2) is 6.68. The Bertz CT molecular complexity index is 400. The average molecular weight is 262 g/mol. The molecule has 2 rings (SSSR count). The highest BCUT2D eigenvalue weighted by atomic mass is 16.5. The van der Waals surface area contributed by atoms with Gasteiger partial charge in [-0.1, -0.05) is 30.3 Å². The topological polar surface area (TPSA) is 55.6 Å². The molecule has 0 aliphatic carbocycles. The van der Waals surface area contributed by atoms with E-state index >= 15 is 0 Å². The number of carbonyl (C=O) groups excluding carboxylic acids is 1. The van der Waals surface area contributed by atoms with Gasteiger partial charge >= 0.3 is 0 Å². The second-order valence-electron chi connectivity index (χ2n) is 5.13. The number of benzene rings is 1. The van der Waals surface area contributed by atoms with Crippen LogP contribution in [0.3, 0.4) is 0 Å². The number of carbonyl (C=O) groups is 1. The fourth-order valence-electron chi connectivity index (χ4n) is 2.36. The van der Waals surface area contributed by atoms with Crippen LogP contribution in [0.15, 0.2) is 30.3 Å². The van der Waals surface area contributed by atoms with Gasteiger partial charge < -0.3 is 15.4 Å². The van der Waals surface area contributed by atoms with Gasteiger partial charge in [-0.3, -0.25) is 4.79 Å². The summed E-state index contributed by atoms with van der Waals surface area (Å²) in [5.74, 6) is -0.0145. The molecule has 1 aliphatic rings. The van der Waals surface area contributed by atoms with Crippen molar-refractivity contribution in [2.45, 2.75) is 38.5 Å². The molecule has 1 amide bonds. The maximum Gasteiger partial charge on any atom is 0.239 e. The maximum atomic E-state index is 12.2. The molecular weight excluding hydrogens is 240 g/mol. The van der Waals surface area contributed by atoms with Gasteiger partial charge in [0, 0.05) is 19.7 Å². The van der Waals surface area contributed by atoms with Crippen molar-refractivity contribution in [2.75, 3.05) is 13.2 Å². The van der Waals surface area contributed by atoms with Gasteiger partial charge in [-0.2, -0.15) is 0 Å². The van der Waals surface area contributed by atoms with Gasteiger partial charge in [0.25, 0.3) is 0 Å². The summed E-state index contributed by atoms with van der Waals surface area (Å²) >= 11 is 0. The Kier molecular flexibility index (Phi) is 4.93. The Hall–Kier alpha value is -1.39. The fraction of sp³-hybridized carbons (Fsp3) is 0.533. The van der Waals surface area contributed by atoms with Crippen LogP contribution in [-0.4, -0.2) is 36.1 Å². The molecule has 0 spiro atoms. The van der Waals surface area contributed by atoms with Gasteiger partial charge in [0.2, 0.25) is 5.91 Å². The van der Waals surface area contributed by atoms with E-state index in [1.165, 1.54) is 0 Å². The standard InChI is InChI=1S/C15H22N2O2/c1-12(16)15(18)17(11-14-8-5-9-19-14)10-13-6-3-2-4-7-13/h2-4,6-7,12,14H,5,8-11,16H2,1H3/t12-,14?/m0/s1. The number of amides is 1. The Labute approximate surface area is 114 Å². The van der Waals surface area contributed by atoms with Crippen molar-refractivity contribution >= 4 is 5.91 Å². The molecule has 1 heterocycles. The molecule has 1 aromatic carbocycles. The minimum absolute atomic E-state index is 0.0145. The van der Waals surface area contributed by atoms with E-state index in [1.54, 1.807) is 6.92 Å². The van der Waals surface area contributed by atoms with Gasteiger partial charge in [0.15, 0.2) is 0 Å². The SMILES string of the molecule is C[C@H](N)C(=O)N(Cc1ccccc1)CC1CCCO1. The lowest BCUT2D eigenvalue weighted by atomic mass is 10.1. The molecule has 1 aliphatic heterocycles. The lowest BCUT2D eigenvalue weighted by molar-refractivity contribution is -0.134. The molecule has 4 heteroatoms. The third-order valence-corrected chi connectivity index (χ3v) is 3.37. The van der Waals surface area contributed by atoms with E-state index in [0.29, 0.717) is 13.1 Å². The Morgan fingerprint density at radius 2 is 2.21 bits per heavy atom. The highest BCUT2D eigenvalue weighted by Crippen LogP contribution is 2.15. The van der Waals surface area contributed by atoms with Gasteiger partial charge in [-0.15, -0.1) is 0 Å². The van der Waals surface area contributed by atoms with Crippen LogP contribution >= 0.6 is 0 Å². The van der Waals surface area contributed by atoms with E-state index in [-0.39, 0.29) is 12.0 Å². The molecular formula is C15H22N2O2. The molecule has 0 radical (unpaired) electrons. The minimum Gasteiger partial charge on any atom is -0.376 e. The normalized spacial score (nSPS) is 20.2. The molecule has 4 nitrogen and oxygen atoms in total. The zero-order chi connectivity index (χ0) is 13.7. The van der Waals surface area contributed by atoms with E-state index in [1.807, 2.05) is 35.2 Å². The van der Waals surface area contributed by atoms with Crippen molar-refractivity contribution in [1.82, 2.24) is 4.90 Å². The van der Waals surface area contributed by atoms with E-state index in [0.717, 1.165) is 25.0 Å². The highest BCUT2D eigenvalue weighted by Gasteiger charge is 2.24. The first-order valence-electron chi connectivity index (χ1n) is 6.86. The lowest BCUT2D eigenvalue weighted by Crippen LogP contribution is -2.44. The Balaban J connectivity index is 2.02. The van der Waals surface area contributed by atoms with Crippen molar-refractivity contribution in [3.05, 3.63) is 35.9 Å². The first-order valence-corrected chi connectivity index (χ1v) is 6.86. The monoisotopic (exact) mass is 262 g/mol. The summed E-state index contributed by atoms with van der Waals surface area (Å²) in [5.41, 5.74) is 6.85. The molecule has 1 fully saturated rings. The summed E-state index contributed by atoms with van der Waals surface area (Å²) in [4.78, 5) is 14.0.